The minimum Gasteiger partial charge on any atom is -0.289 e. The van der Waals surface area contributed by atoms with Gasteiger partial charge in [-0.2, -0.15) is 0 Å². The van der Waals surface area contributed by atoms with Crippen LogP contribution in [0.2, 0.25) is 0 Å². The van der Waals surface area contributed by atoms with Crippen LogP contribution in [0, 0.1) is 0 Å². The number of carbonyl (C=O) groups is 1. The quantitative estimate of drug-likeness (QED) is 0.779. The molecule has 3 aromatic rings. The number of nitrogens with one attached hydrogen (secondary N) is 1. The van der Waals surface area contributed by atoms with Crippen LogP contribution in [0.1, 0.15) is 15.9 Å². The van der Waals surface area contributed by atoms with Gasteiger partial charge in [0.15, 0.2) is 0 Å². The zero-order chi connectivity index (χ0) is 15.4. The Balaban J connectivity index is 1.68. The molecule has 2 aromatic carbocycles. The Morgan fingerprint density at radius 3 is 2.73 bits per heavy atom. The van der Waals surface area contributed by atoms with Crippen molar-refractivity contribution in [1.29, 1.82) is 0 Å². The van der Waals surface area contributed by atoms with E-state index in [0.29, 0.717) is 18.1 Å². The number of benzene rings is 2. The highest BCUT2D eigenvalue weighted by Crippen LogP contribution is 2.12. The second-order valence-corrected chi connectivity index (χ2v) is 5.63. The molecule has 0 spiro atoms. The minimum atomic E-state index is -0.237. The number of hydrogen-bond donors (Lipinski definition) is 1. The molecule has 0 saturated carbocycles. The zero-order valence-electron chi connectivity index (χ0n) is 11.6. The van der Waals surface area contributed by atoms with Crippen molar-refractivity contribution in [2.24, 2.45) is 0 Å². The molecular formula is C16H13BrN4O. The van der Waals surface area contributed by atoms with Gasteiger partial charge in [0.05, 0.1) is 6.54 Å². The normalized spacial score (nSPS) is 10.4. The van der Waals surface area contributed by atoms with Crippen LogP contribution >= 0.6 is 15.9 Å². The van der Waals surface area contributed by atoms with E-state index in [2.05, 4.69) is 31.3 Å². The molecule has 0 aliphatic rings. The first kappa shape index (κ1) is 14.5. The van der Waals surface area contributed by atoms with Crippen molar-refractivity contribution in [3.8, 4) is 0 Å². The van der Waals surface area contributed by atoms with E-state index in [1.54, 1.807) is 29.2 Å². The summed E-state index contributed by atoms with van der Waals surface area (Å²) in [6, 6.07) is 17.1. The van der Waals surface area contributed by atoms with Gasteiger partial charge in [0.2, 0.25) is 5.95 Å². The van der Waals surface area contributed by atoms with E-state index >= 15 is 0 Å². The molecule has 1 amide bonds. The minimum absolute atomic E-state index is 0.237. The molecular weight excluding hydrogens is 344 g/mol. The van der Waals surface area contributed by atoms with Gasteiger partial charge in [-0.3, -0.25) is 10.1 Å². The Morgan fingerprint density at radius 1 is 1.14 bits per heavy atom. The van der Waals surface area contributed by atoms with Crippen molar-refractivity contribution in [3.05, 3.63) is 76.5 Å². The van der Waals surface area contributed by atoms with E-state index in [1.807, 2.05) is 36.4 Å². The molecule has 5 nitrogen and oxygen atoms in total. The van der Waals surface area contributed by atoms with Crippen LogP contribution < -0.4 is 5.32 Å². The van der Waals surface area contributed by atoms with Gasteiger partial charge in [-0.25, -0.2) is 9.67 Å². The molecule has 0 aliphatic heterocycles. The maximum atomic E-state index is 12.1. The summed E-state index contributed by atoms with van der Waals surface area (Å²) in [5, 5.41) is 6.94. The summed E-state index contributed by atoms with van der Waals surface area (Å²) in [4.78, 5) is 16.2. The number of carbonyl (C=O) groups excluding carboxylic acids is 1. The highest BCUT2D eigenvalue weighted by Gasteiger charge is 2.09. The Hall–Kier alpha value is -2.47. The number of anilines is 1. The van der Waals surface area contributed by atoms with Gasteiger partial charge >= 0.3 is 0 Å². The SMILES string of the molecule is O=C(Nc1ncn(Cc2ccccc2)n1)c1cccc(Br)c1. The van der Waals surface area contributed by atoms with Crippen LogP contribution in [0.15, 0.2) is 65.4 Å². The second kappa shape index (κ2) is 6.53. The first-order valence-corrected chi connectivity index (χ1v) is 7.50. The third-order valence-corrected chi connectivity index (χ3v) is 3.53. The predicted octanol–water partition coefficient (Wildman–Crippen LogP) is 3.34. The third-order valence-electron chi connectivity index (χ3n) is 3.04. The lowest BCUT2D eigenvalue weighted by Crippen LogP contribution is -2.13. The molecule has 0 bridgehead atoms. The molecule has 22 heavy (non-hydrogen) atoms. The van der Waals surface area contributed by atoms with Gasteiger partial charge in [-0.1, -0.05) is 52.3 Å². The molecule has 0 saturated heterocycles. The third kappa shape index (κ3) is 3.59. The van der Waals surface area contributed by atoms with Crippen LogP contribution in [0.25, 0.3) is 0 Å². The Bertz CT molecular complexity index is 786. The van der Waals surface area contributed by atoms with E-state index in [0.717, 1.165) is 10.0 Å². The van der Waals surface area contributed by atoms with E-state index in [9.17, 15) is 4.79 Å². The summed E-state index contributed by atoms with van der Waals surface area (Å²) in [5.41, 5.74) is 1.67. The first-order chi connectivity index (χ1) is 10.7. The van der Waals surface area contributed by atoms with Gasteiger partial charge in [0.25, 0.3) is 5.91 Å². The van der Waals surface area contributed by atoms with E-state index < -0.39 is 0 Å². The fraction of sp³-hybridized carbons (Fsp3) is 0.0625. The monoisotopic (exact) mass is 356 g/mol. The number of aromatic nitrogens is 3. The molecule has 1 N–H and O–H groups in total. The lowest BCUT2D eigenvalue weighted by Gasteiger charge is -2.02. The van der Waals surface area contributed by atoms with Crippen molar-refractivity contribution in [2.75, 3.05) is 5.32 Å². The molecule has 0 atom stereocenters. The number of halogens is 1. The second-order valence-electron chi connectivity index (χ2n) is 4.72. The fourth-order valence-electron chi connectivity index (χ4n) is 2.00. The van der Waals surface area contributed by atoms with Crippen LogP contribution in [-0.2, 0) is 6.54 Å². The van der Waals surface area contributed by atoms with Crippen LogP contribution in [0.5, 0.6) is 0 Å². The van der Waals surface area contributed by atoms with Gasteiger partial charge < -0.3 is 0 Å². The lowest BCUT2D eigenvalue weighted by atomic mass is 10.2. The topological polar surface area (TPSA) is 59.8 Å². The van der Waals surface area contributed by atoms with Gasteiger partial charge in [0, 0.05) is 10.0 Å². The van der Waals surface area contributed by atoms with Crippen molar-refractivity contribution in [1.82, 2.24) is 14.8 Å². The number of hydrogen-bond acceptors (Lipinski definition) is 3. The largest absolute Gasteiger partial charge is 0.289 e. The van der Waals surface area contributed by atoms with Gasteiger partial charge in [-0.05, 0) is 23.8 Å². The van der Waals surface area contributed by atoms with E-state index in [4.69, 9.17) is 0 Å². The molecule has 0 aliphatic carbocycles. The Labute approximate surface area is 136 Å². The smallest absolute Gasteiger partial charge is 0.258 e. The van der Waals surface area contributed by atoms with E-state index in [1.165, 1.54) is 0 Å². The standard InChI is InChI=1S/C16H13BrN4O/c17-14-8-4-7-13(9-14)15(22)19-16-18-11-21(20-16)10-12-5-2-1-3-6-12/h1-9,11H,10H2,(H,19,20,22). The van der Waals surface area contributed by atoms with Crippen LogP contribution in [0.4, 0.5) is 5.95 Å². The predicted molar refractivity (Wildman–Crippen MR) is 87.7 cm³/mol. The Morgan fingerprint density at radius 2 is 1.95 bits per heavy atom. The maximum absolute atomic E-state index is 12.1. The molecule has 0 radical (unpaired) electrons. The summed E-state index contributed by atoms with van der Waals surface area (Å²) in [6.45, 7) is 0.612. The van der Waals surface area contributed by atoms with Gasteiger partial charge in [0.1, 0.15) is 6.33 Å². The van der Waals surface area contributed by atoms with Crippen LogP contribution in [-0.4, -0.2) is 20.7 Å². The Kier molecular flexibility index (Phi) is 4.29. The summed E-state index contributed by atoms with van der Waals surface area (Å²) in [6.07, 6.45) is 1.60. The highest BCUT2D eigenvalue weighted by atomic mass is 79.9. The van der Waals surface area contributed by atoms with Crippen molar-refractivity contribution < 1.29 is 4.79 Å². The number of rotatable bonds is 4. The average molecular weight is 357 g/mol. The van der Waals surface area contributed by atoms with Gasteiger partial charge in [-0.15, -0.1) is 5.10 Å². The highest BCUT2D eigenvalue weighted by molar-refractivity contribution is 9.10. The van der Waals surface area contributed by atoms with Crippen molar-refractivity contribution >= 4 is 27.8 Å². The molecule has 0 unspecified atom stereocenters. The summed E-state index contributed by atoms with van der Waals surface area (Å²) < 4.78 is 2.54. The van der Waals surface area contributed by atoms with Crippen LogP contribution in [0.3, 0.4) is 0 Å². The van der Waals surface area contributed by atoms with Crippen molar-refractivity contribution in [2.45, 2.75) is 6.54 Å². The van der Waals surface area contributed by atoms with Crippen molar-refractivity contribution in [3.63, 3.8) is 0 Å². The lowest BCUT2D eigenvalue weighted by molar-refractivity contribution is 0.102. The summed E-state index contributed by atoms with van der Waals surface area (Å²) in [7, 11) is 0. The number of amides is 1. The molecule has 0 fully saturated rings. The molecule has 1 aromatic heterocycles. The zero-order valence-corrected chi connectivity index (χ0v) is 13.2. The summed E-state index contributed by atoms with van der Waals surface area (Å²) >= 11 is 3.34. The first-order valence-electron chi connectivity index (χ1n) is 6.71. The number of nitrogens with zero attached hydrogens (tertiary/aromatic N) is 3. The fourth-order valence-corrected chi connectivity index (χ4v) is 2.40. The maximum Gasteiger partial charge on any atom is 0.258 e. The summed E-state index contributed by atoms with van der Waals surface area (Å²) in [5.74, 6) is 0.0552. The molecule has 3 rings (SSSR count). The van der Waals surface area contributed by atoms with E-state index in [-0.39, 0.29) is 5.91 Å². The average Bonchev–Trinajstić information content (AvgIpc) is 2.95. The molecule has 6 heteroatoms. The molecule has 110 valence electrons. The molecule has 1 heterocycles.